The third-order valence-corrected chi connectivity index (χ3v) is 4.24. The topological polar surface area (TPSA) is 65.7 Å². The minimum Gasteiger partial charge on any atom is -0.468 e. The van der Waals surface area contributed by atoms with Gasteiger partial charge in [0.2, 0.25) is 0 Å². The highest BCUT2D eigenvalue weighted by molar-refractivity contribution is 7.11. The molecule has 0 radical (unpaired) electrons. The Balaban J connectivity index is 1.97. The van der Waals surface area contributed by atoms with Crippen molar-refractivity contribution in [2.45, 2.75) is 26.4 Å². The molecular weight excluding hydrogens is 310 g/mol. The first-order chi connectivity index (χ1) is 11.1. The summed E-state index contributed by atoms with van der Waals surface area (Å²) in [7, 11) is 4.08. The minimum atomic E-state index is 0.149. The van der Waals surface area contributed by atoms with Crippen LogP contribution in [0.3, 0.4) is 0 Å². The highest BCUT2D eigenvalue weighted by atomic mass is 32.1. The molecule has 0 spiro atoms. The second kappa shape index (κ2) is 8.69. The van der Waals surface area contributed by atoms with Gasteiger partial charge in [0.1, 0.15) is 10.8 Å². The Hall–Kier alpha value is -1.86. The van der Waals surface area contributed by atoms with Gasteiger partial charge in [-0.25, -0.2) is 9.98 Å². The van der Waals surface area contributed by atoms with Crippen LogP contribution in [0, 0.1) is 6.92 Å². The zero-order valence-corrected chi connectivity index (χ0v) is 15.0. The van der Waals surface area contributed by atoms with Crippen LogP contribution in [0.4, 0.5) is 0 Å². The fraction of sp³-hybridized carbons (Fsp3) is 0.500. The number of aromatic nitrogens is 1. The maximum atomic E-state index is 5.53. The Morgan fingerprint density at radius 1 is 1.43 bits per heavy atom. The lowest BCUT2D eigenvalue weighted by atomic mass is 10.2. The smallest absolute Gasteiger partial charge is 0.191 e. The number of rotatable bonds is 7. The van der Waals surface area contributed by atoms with Gasteiger partial charge in [-0.05, 0) is 40.1 Å². The van der Waals surface area contributed by atoms with Crippen molar-refractivity contribution in [2.24, 2.45) is 4.99 Å². The molecule has 0 aromatic carbocycles. The van der Waals surface area contributed by atoms with Crippen LogP contribution in [0.15, 0.2) is 34.0 Å². The van der Waals surface area contributed by atoms with Crippen molar-refractivity contribution in [2.75, 3.05) is 27.2 Å². The molecule has 0 bridgehead atoms. The molecule has 2 aromatic rings. The standard InChI is InChI=1S/C16H25N5OS/c1-5-17-16(20-11-15-18-9-12(2)23-15)19-10-13(21(3)4)14-7-6-8-22-14/h6-9,13H,5,10-11H2,1-4H3,(H2,17,19,20). The number of aryl methyl sites for hydroxylation is 1. The summed E-state index contributed by atoms with van der Waals surface area (Å²) in [5.74, 6) is 1.73. The Labute approximate surface area is 141 Å². The Morgan fingerprint density at radius 2 is 2.26 bits per heavy atom. The monoisotopic (exact) mass is 335 g/mol. The van der Waals surface area contributed by atoms with E-state index in [9.17, 15) is 0 Å². The minimum absolute atomic E-state index is 0.149. The first-order valence-electron chi connectivity index (χ1n) is 7.73. The van der Waals surface area contributed by atoms with Gasteiger partial charge in [-0.2, -0.15) is 0 Å². The summed E-state index contributed by atoms with van der Waals surface area (Å²) in [6.45, 7) is 6.22. The van der Waals surface area contributed by atoms with Crippen molar-refractivity contribution < 1.29 is 4.42 Å². The number of nitrogens with one attached hydrogen (secondary N) is 2. The number of hydrogen-bond donors (Lipinski definition) is 2. The molecule has 0 fully saturated rings. The maximum absolute atomic E-state index is 5.53. The average molecular weight is 335 g/mol. The summed E-state index contributed by atoms with van der Waals surface area (Å²) in [5, 5.41) is 7.67. The maximum Gasteiger partial charge on any atom is 0.191 e. The number of thiazole rings is 1. The van der Waals surface area contributed by atoms with Crippen molar-refractivity contribution in [1.29, 1.82) is 0 Å². The van der Waals surface area contributed by atoms with Crippen LogP contribution in [0.25, 0.3) is 0 Å². The summed E-state index contributed by atoms with van der Waals surface area (Å²) < 4.78 is 5.53. The van der Waals surface area contributed by atoms with E-state index >= 15 is 0 Å². The molecule has 0 saturated carbocycles. The summed E-state index contributed by atoms with van der Waals surface area (Å²) in [6.07, 6.45) is 3.59. The number of guanidine groups is 1. The predicted octanol–water partition coefficient (Wildman–Crippen LogP) is 2.40. The van der Waals surface area contributed by atoms with Crippen LogP contribution in [0.2, 0.25) is 0 Å². The molecule has 0 aliphatic heterocycles. The third kappa shape index (κ3) is 5.37. The molecule has 2 heterocycles. The highest BCUT2D eigenvalue weighted by Crippen LogP contribution is 2.17. The van der Waals surface area contributed by atoms with Crippen LogP contribution in [0.1, 0.15) is 28.6 Å². The van der Waals surface area contributed by atoms with Gasteiger partial charge < -0.3 is 15.1 Å². The zero-order chi connectivity index (χ0) is 16.7. The first-order valence-corrected chi connectivity index (χ1v) is 8.55. The Kier molecular flexibility index (Phi) is 6.61. The van der Waals surface area contributed by atoms with Gasteiger partial charge >= 0.3 is 0 Å². The summed E-state index contributed by atoms with van der Waals surface area (Å²) >= 11 is 1.68. The number of aliphatic imine (C=N–C) groups is 1. The largest absolute Gasteiger partial charge is 0.468 e. The lowest BCUT2D eigenvalue weighted by Gasteiger charge is -2.23. The second-order valence-electron chi connectivity index (χ2n) is 5.44. The van der Waals surface area contributed by atoms with E-state index in [2.05, 4.69) is 39.4 Å². The molecule has 2 aromatic heterocycles. The number of hydrogen-bond acceptors (Lipinski definition) is 5. The molecule has 2 N–H and O–H groups in total. The highest BCUT2D eigenvalue weighted by Gasteiger charge is 2.17. The lowest BCUT2D eigenvalue weighted by Crippen LogP contribution is -2.41. The molecule has 23 heavy (non-hydrogen) atoms. The molecule has 0 saturated heterocycles. The summed E-state index contributed by atoms with van der Waals surface area (Å²) in [4.78, 5) is 12.3. The molecule has 7 heteroatoms. The fourth-order valence-corrected chi connectivity index (χ4v) is 2.89. The number of likely N-dealkylation sites (N-methyl/N-ethyl adjacent to an activating group) is 1. The molecule has 0 aliphatic rings. The quantitative estimate of drug-likeness (QED) is 0.601. The second-order valence-corrected chi connectivity index (χ2v) is 6.75. The molecule has 0 amide bonds. The SMILES string of the molecule is CCNC(=NCc1ncc(C)s1)NCC(c1ccco1)N(C)C. The Morgan fingerprint density at radius 3 is 2.83 bits per heavy atom. The molecule has 126 valence electrons. The summed E-state index contributed by atoms with van der Waals surface area (Å²) in [6, 6.07) is 4.06. The molecule has 1 unspecified atom stereocenters. The van der Waals surface area contributed by atoms with Crippen molar-refractivity contribution in [3.05, 3.63) is 40.2 Å². The van der Waals surface area contributed by atoms with Gasteiger partial charge in [-0.1, -0.05) is 0 Å². The predicted molar refractivity (Wildman–Crippen MR) is 94.8 cm³/mol. The molecular formula is C16H25N5OS. The number of furan rings is 1. The van der Waals surface area contributed by atoms with Crippen molar-refractivity contribution in [1.82, 2.24) is 20.5 Å². The van der Waals surface area contributed by atoms with Gasteiger partial charge in [0.05, 0.1) is 18.8 Å². The van der Waals surface area contributed by atoms with Crippen molar-refractivity contribution in [3.8, 4) is 0 Å². The van der Waals surface area contributed by atoms with E-state index in [4.69, 9.17) is 4.42 Å². The van der Waals surface area contributed by atoms with Crippen LogP contribution in [-0.2, 0) is 6.54 Å². The number of nitrogens with zero attached hydrogens (tertiary/aromatic N) is 3. The van der Waals surface area contributed by atoms with Crippen LogP contribution in [-0.4, -0.2) is 43.0 Å². The van der Waals surface area contributed by atoms with Crippen molar-refractivity contribution in [3.63, 3.8) is 0 Å². The fourth-order valence-electron chi connectivity index (χ4n) is 2.17. The Bertz CT molecular complexity index is 606. The van der Waals surface area contributed by atoms with Gasteiger partial charge in [0.25, 0.3) is 0 Å². The lowest BCUT2D eigenvalue weighted by molar-refractivity contribution is 0.258. The van der Waals surface area contributed by atoms with E-state index in [0.29, 0.717) is 13.1 Å². The average Bonchev–Trinajstić information content (AvgIpc) is 3.16. The van der Waals surface area contributed by atoms with Gasteiger partial charge in [0.15, 0.2) is 5.96 Å². The molecule has 1 atom stereocenters. The van der Waals surface area contributed by atoms with E-state index in [1.807, 2.05) is 32.4 Å². The van der Waals surface area contributed by atoms with E-state index < -0.39 is 0 Å². The third-order valence-electron chi connectivity index (χ3n) is 3.34. The zero-order valence-electron chi connectivity index (χ0n) is 14.2. The molecule has 0 aliphatic carbocycles. The molecule has 2 rings (SSSR count). The van der Waals surface area contributed by atoms with Crippen LogP contribution in [0.5, 0.6) is 0 Å². The first kappa shape index (κ1) is 17.5. The van der Waals surface area contributed by atoms with E-state index in [-0.39, 0.29) is 6.04 Å². The molecule has 6 nitrogen and oxygen atoms in total. The van der Waals surface area contributed by atoms with Crippen LogP contribution < -0.4 is 10.6 Å². The summed E-state index contributed by atoms with van der Waals surface area (Å²) in [5.41, 5.74) is 0. The van der Waals surface area contributed by atoms with Gasteiger partial charge in [-0.15, -0.1) is 11.3 Å². The van der Waals surface area contributed by atoms with Crippen LogP contribution >= 0.6 is 11.3 Å². The van der Waals surface area contributed by atoms with Crippen molar-refractivity contribution >= 4 is 17.3 Å². The van der Waals surface area contributed by atoms with Gasteiger partial charge in [0, 0.05) is 24.2 Å². The van der Waals surface area contributed by atoms with E-state index in [0.717, 1.165) is 23.3 Å². The van der Waals surface area contributed by atoms with E-state index in [1.54, 1.807) is 17.6 Å². The van der Waals surface area contributed by atoms with E-state index in [1.165, 1.54) is 4.88 Å². The normalized spacial score (nSPS) is 13.3. The van der Waals surface area contributed by atoms with Gasteiger partial charge in [-0.3, -0.25) is 4.90 Å².